The van der Waals surface area contributed by atoms with Crippen molar-refractivity contribution >= 4 is 34.5 Å². The monoisotopic (exact) mass is 294 g/mol. The average Bonchev–Trinajstić information content (AvgIpc) is 2.06. The quantitative estimate of drug-likeness (QED) is 0.561. The number of aliphatic carboxylic acids is 2. The third kappa shape index (κ3) is 7.26. The summed E-state index contributed by atoms with van der Waals surface area (Å²) in [6.45, 7) is 0. The Morgan fingerprint density at radius 3 is 1.54 bits per heavy atom. The molecular formula is C8H7IO4. The smallest absolute Gasteiger partial charge is 0.414 e. The van der Waals surface area contributed by atoms with Gasteiger partial charge in [-0.15, -0.1) is 0 Å². The summed E-state index contributed by atoms with van der Waals surface area (Å²) in [6, 6.07) is 10.2. The van der Waals surface area contributed by atoms with Gasteiger partial charge >= 0.3 is 11.9 Å². The van der Waals surface area contributed by atoms with Crippen LogP contribution in [-0.4, -0.2) is 22.2 Å². The highest BCUT2D eigenvalue weighted by Crippen LogP contribution is 1.99. The number of carboxylic acids is 2. The summed E-state index contributed by atoms with van der Waals surface area (Å²) in [7, 11) is 0. The van der Waals surface area contributed by atoms with Crippen LogP contribution < -0.4 is 0 Å². The van der Waals surface area contributed by atoms with Gasteiger partial charge in [0.15, 0.2) is 0 Å². The molecule has 0 saturated heterocycles. The van der Waals surface area contributed by atoms with Crippen molar-refractivity contribution in [2.45, 2.75) is 0 Å². The highest BCUT2D eigenvalue weighted by atomic mass is 127. The van der Waals surface area contributed by atoms with Crippen LogP contribution in [0.3, 0.4) is 0 Å². The largest absolute Gasteiger partial charge is 0.473 e. The molecule has 0 amide bonds. The van der Waals surface area contributed by atoms with Crippen LogP contribution >= 0.6 is 22.6 Å². The molecule has 13 heavy (non-hydrogen) atoms. The zero-order valence-electron chi connectivity index (χ0n) is 6.48. The van der Waals surface area contributed by atoms with E-state index in [0.29, 0.717) is 0 Å². The van der Waals surface area contributed by atoms with E-state index in [4.69, 9.17) is 19.8 Å². The molecule has 0 spiro atoms. The predicted octanol–water partition coefficient (Wildman–Crippen LogP) is 1.45. The SMILES string of the molecule is Ic1ccccc1.O=C(O)C(=O)O. The second kappa shape index (κ2) is 6.41. The van der Waals surface area contributed by atoms with Crippen molar-refractivity contribution in [1.29, 1.82) is 0 Å². The van der Waals surface area contributed by atoms with E-state index >= 15 is 0 Å². The van der Waals surface area contributed by atoms with E-state index in [0.717, 1.165) is 0 Å². The molecule has 0 aliphatic carbocycles. The molecule has 0 unspecified atom stereocenters. The molecule has 1 aromatic rings. The Bertz CT molecular complexity index is 271. The first kappa shape index (κ1) is 11.9. The fourth-order valence-corrected chi connectivity index (χ4v) is 0.830. The summed E-state index contributed by atoms with van der Waals surface area (Å²) >= 11 is 2.28. The molecule has 0 bridgehead atoms. The lowest BCUT2D eigenvalue weighted by Crippen LogP contribution is -2.09. The van der Waals surface area contributed by atoms with Gasteiger partial charge in [-0.25, -0.2) is 9.59 Å². The molecule has 4 nitrogen and oxygen atoms in total. The lowest BCUT2D eigenvalue weighted by molar-refractivity contribution is -0.159. The molecule has 0 aromatic heterocycles. The Kier molecular flexibility index (Phi) is 5.86. The third-order valence-corrected chi connectivity index (χ3v) is 1.64. The molecule has 0 saturated carbocycles. The van der Waals surface area contributed by atoms with Crippen molar-refractivity contribution in [2.75, 3.05) is 0 Å². The van der Waals surface area contributed by atoms with E-state index in [1.165, 1.54) is 3.57 Å². The number of hydrogen-bond donors (Lipinski definition) is 2. The van der Waals surface area contributed by atoms with Crippen LogP contribution in [0.4, 0.5) is 0 Å². The first-order valence-electron chi connectivity index (χ1n) is 3.21. The lowest BCUT2D eigenvalue weighted by atomic mass is 10.4. The summed E-state index contributed by atoms with van der Waals surface area (Å²) in [5.74, 6) is -3.65. The van der Waals surface area contributed by atoms with Gasteiger partial charge in [-0.3, -0.25) is 0 Å². The normalized spacial score (nSPS) is 8.08. The Morgan fingerprint density at radius 2 is 1.38 bits per heavy atom. The highest BCUT2D eigenvalue weighted by molar-refractivity contribution is 14.1. The lowest BCUT2D eigenvalue weighted by Gasteiger charge is -1.80. The molecule has 0 fully saturated rings. The van der Waals surface area contributed by atoms with Gasteiger partial charge in [-0.1, -0.05) is 18.2 Å². The molecule has 70 valence electrons. The molecule has 0 aliphatic rings. The third-order valence-electron chi connectivity index (χ3n) is 0.916. The van der Waals surface area contributed by atoms with Gasteiger partial charge in [0.2, 0.25) is 0 Å². The Hall–Kier alpha value is -1.11. The molecule has 0 heterocycles. The molecule has 0 aliphatic heterocycles. The maximum Gasteiger partial charge on any atom is 0.414 e. The molecule has 2 N–H and O–H groups in total. The number of rotatable bonds is 0. The van der Waals surface area contributed by atoms with Gasteiger partial charge in [0, 0.05) is 3.57 Å². The van der Waals surface area contributed by atoms with Crippen molar-refractivity contribution in [3.63, 3.8) is 0 Å². The van der Waals surface area contributed by atoms with Gasteiger partial charge < -0.3 is 10.2 Å². The molecule has 0 radical (unpaired) electrons. The highest BCUT2D eigenvalue weighted by Gasteiger charge is 2.04. The van der Waals surface area contributed by atoms with E-state index in [2.05, 4.69) is 34.7 Å². The Morgan fingerprint density at radius 1 is 1.00 bits per heavy atom. The minimum absolute atomic E-state index is 1.29. The fourth-order valence-electron chi connectivity index (χ4n) is 0.415. The summed E-state index contributed by atoms with van der Waals surface area (Å²) in [5, 5.41) is 14.8. The van der Waals surface area contributed by atoms with E-state index in [9.17, 15) is 0 Å². The minimum Gasteiger partial charge on any atom is -0.473 e. The van der Waals surface area contributed by atoms with E-state index < -0.39 is 11.9 Å². The first-order chi connectivity index (χ1) is 6.04. The summed E-state index contributed by atoms with van der Waals surface area (Å²) < 4.78 is 1.29. The van der Waals surface area contributed by atoms with Crippen LogP contribution in [0, 0.1) is 3.57 Å². The average molecular weight is 294 g/mol. The van der Waals surface area contributed by atoms with E-state index in [-0.39, 0.29) is 0 Å². The van der Waals surface area contributed by atoms with Crippen LogP contribution in [-0.2, 0) is 9.59 Å². The van der Waals surface area contributed by atoms with Gasteiger partial charge in [-0.2, -0.15) is 0 Å². The van der Waals surface area contributed by atoms with E-state index in [1.54, 1.807) is 0 Å². The number of hydrogen-bond acceptors (Lipinski definition) is 2. The summed E-state index contributed by atoms with van der Waals surface area (Å²) in [6.07, 6.45) is 0. The van der Waals surface area contributed by atoms with Crippen molar-refractivity contribution in [1.82, 2.24) is 0 Å². The fraction of sp³-hybridized carbons (Fsp3) is 0. The van der Waals surface area contributed by atoms with Crippen LogP contribution in [0.1, 0.15) is 0 Å². The van der Waals surface area contributed by atoms with Crippen LogP contribution in [0.2, 0.25) is 0 Å². The maximum absolute atomic E-state index is 9.10. The number of carboxylic acid groups (broad SMARTS) is 2. The van der Waals surface area contributed by atoms with E-state index in [1.807, 2.05) is 18.2 Å². The summed E-state index contributed by atoms with van der Waals surface area (Å²) in [4.78, 5) is 18.2. The Labute approximate surface area is 88.3 Å². The minimum atomic E-state index is -1.82. The van der Waals surface area contributed by atoms with Crippen LogP contribution in [0.15, 0.2) is 30.3 Å². The van der Waals surface area contributed by atoms with Crippen LogP contribution in [0.5, 0.6) is 0 Å². The van der Waals surface area contributed by atoms with Crippen molar-refractivity contribution in [3.8, 4) is 0 Å². The number of benzene rings is 1. The first-order valence-corrected chi connectivity index (χ1v) is 4.28. The molecule has 0 atom stereocenters. The second-order valence-corrected chi connectivity index (χ2v) is 3.15. The molecule has 1 aromatic carbocycles. The van der Waals surface area contributed by atoms with Crippen molar-refractivity contribution < 1.29 is 19.8 Å². The van der Waals surface area contributed by atoms with Gasteiger partial charge in [0.1, 0.15) is 0 Å². The molecule has 5 heteroatoms. The topological polar surface area (TPSA) is 74.6 Å². The standard InChI is InChI=1S/C6H5I.C2H2O4/c7-6-4-2-1-3-5-6;3-1(4)2(5)6/h1-5H;(H,3,4)(H,5,6). The number of halogens is 1. The van der Waals surface area contributed by atoms with Gasteiger partial charge in [0.25, 0.3) is 0 Å². The number of carbonyl (C=O) groups is 2. The van der Waals surface area contributed by atoms with Crippen LogP contribution in [0.25, 0.3) is 0 Å². The zero-order valence-corrected chi connectivity index (χ0v) is 8.63. The zero-order chi connectivity index (χ0) is 10.3. The summed E-state index contributed by atoms with van der Waals surface area (Å²) in [5.41, 5.74) is 0. The van der Waals surface area contributed by atoms with Crippen molar-refractivity contribution in [2.24, 2.45) is 0 Å². The van der Waals surface area contributed by atoms with Gasteiger partial charge in [0.05, 0.1) is 0 Å². The predicted molar refractivity (Wildman–Crippen MR) is 54.4 cm³/mol. The van der Waals surface area contributed by atoms with Crippen molar-refractivity contribution in [3.05, 3.63) is 33.9 Å². The maximum atomic E-state index is 9.10. The second-order valence-electron chi connectivity index (χ2n) is 1.91. The molecule has 1 rings (SSSR count). The van der Waals surface area contributed by atoms with Gasteiger partial charge in [-0.05, 0) is 34.7 Å². The molecular weight excluding hydrogens is 287 g/mol. The Balaban J connectivity index is 0.000000226.